The van der Waals surface area contributed by atoms with Crippen LogP contribution in [0, 0.1) is 29.1 Å². The molecule has 3 aliphatic carbocycles. The number of rotatable bonds is 6. The molecule has 45 heavy (non-hydrogen) atoms. The highest BCUT2D eigenvalue weighted by atomic mass is 32.2. The summed E-state index contributed by atoms with van der Waals surface area (Å²) < 4.78 is 31.2. The van der Waals surface area contributed by atoms with E-state index in [1.165, 1.54) is 6.92 Å². The van der Waals surface area contributed by atoms with Crippen LogP contribution in [0.3, 0.4) is 0 Å². The lowest BCUT2D eigenvalue weighted by Gasteiger charge is -2.57. The van der Waals surface area contributed by atoms with Crippen molar-refractivity contribution in [1.82, 2.24) is 0 Å². The van der Waals surface area contributed by atoms with E-state index in [4.69, 9.17) is 23.7 Å². The zero-order valence-corrected chi connectivity index (χ0v) is 28.3. The van der Waals surface area contributed by atoms with Crippen molar-refractivity contribution in [2.45, 2.75) is 128 Å². The Labute approximate surface area is 268 Å². The van der Waals surface area contributed by atoms with Gasteiger partial charge in [0.25, 0.3) is 5.97 Å². The molecule has 2 saturated carbocycles. The van der Waals surface area contributed by atoms with Crippen molar-refractivity contribution in [1.29, 1.82) is 0 Å². The number of aliphatic hydroxyl groups is 1. The molecule has 11 heteroatoms. The predicted octanol–water partition coefficient (Wildman–Crippen LogP) is 4.42. The van der Waals surface area contributed by atoms with Crippen LogP contribution < -0.4 is 0 Å². The van der Waals surface area contributed by atoms with Crippen LogP contribution in [0.4, 0.5) is 0 Å². The second-order valence-corrected chi connectivity index (χ2v) is 16.0. The molecule has 10 nitrogen and oxygen atoms in total. The van der Waals surface area contributed by atoms with Crippen molar-refractivity contribution >= 4 is 34.4 Å². The van der Waals surface area contributed by atoms with E-state index in [9.17, 15) is 24.3 Å². The van der Waals surface area contributed by atoms with Gasteiger partial charge in [-0.25, -0.2) is 0 Å². The Morgan fingerprint density at radius 1 is 1.09 bits per heavy atom. The quantitative estimate of drug-likeness (QED) is 0.411. The number of ketones is 2. The van der Waals surface area contributed by atoms with Gasteiger partial charge < -0.3 is 28.8 Å². The van der Waals surface area contributed by atoms with Crippen molar-refractivity contribution in [3.63, 3.8) is 0 Å². The first-order valence-electron chi connectivity index (χ1n) is 16.0. The van der Waals surface area contributed by atoms with Crippen molar-refractivity contribution in [2.75, 3.05) is 6.26 Å². The first kappa shape index (κ1) is 33.0. The molecule has 0 aromatic rings. The Hall–Kier alpha value is -1.89. The van der Waals surface area contributed by atoms with Gasteiger partial charge in [-0.3, -0.25) is 19.2 Å². The van der Waals surface area contributed by atoms with Gasteiger partial charge in [0.2, 0.25) is 5.79 Å². The Morgan fingerprint density at radius 3 is 2.47 bits per heavy atom. The van der Waals surface area contributed by atoms with Crippen LogP contribution >= 0.6 is 11.8 Å². The van der Waals surface area contributed by atoms with Crippen LogP contribution in [-0.4, -0.2) is 74.8 Å². The van der Waals surface area contributed by atoms with E-state index >= 15 is 0 Å². The molecular formula is C34H46O10S. The number of hydrogen-bond donors (Lipinski definition) is 1. The molecule has 6 rings (SSSR count). The third kappa shape index (κ3) is 5.11. The van der Waals surface area contributed by atoms with Gasteiger partial charge >= 0.3 is 5.97 Å². The first-order chi connectivity index (χ1) is 20.8. The molecule has 248 valence electrons. The van der Waals surface area contributed by atoms with Crippen molar-refractivity contribution < 1.29 is 48.0 Å². The lowest BCUT2D eigenvalue weighted by atomic mass is 9.49. The van der Waals surface area contributed by atoms with Gasteiger partial charge in [-0.15, -0.1) is 0 Å². The zero-order valence-electron chi connectivity index (χ0n) is 27.5. The molecule has 0 aromatic heterocycles. The summed E-state index contributed by atoms with van der Waals surface area (Å²) in [5.41, 5.74) is -1.94. The van der Waals surface area contributed by atoms with E-state index in [0.717, 1.165) is 17.3 Å². The lowest BCUT2D eigenvalue weighted by molar-refractivity contribution is -0.389. The third-order valence-corrected chi connectivity index (χ3v) is 12.6. The largest absolute Gasteiger partial charge is 0.462 e. The Morgan fingerprint density at radius 2 is 1.80 bits per heavy atom. The van der Waals surface area contributed by atoms with E-state index in [1.54, 1.807) is 25.3 Å². The average molecular weight is 647 g/mol. The highest BCUT2D eigenvalue weighted by molar-refractivity contribution is 8.13. The minimum absolute atomic E-state index is 0.0189. The van der Waals surface area contributed by atoms with Crippen LogP contribution in [0.25, 0.3) is 0 Å². The summed E-state index contributed by atoms with van der Waals surface area (Å²) in [6, 6.07) is 0. The number of allylic oxidation sites excluding steroid dienone is 3. The normalized spacial score (nSPS) is 46.8. The minimum Gasteiger partial charge on any atom is -0.462 e. The van der Waals surface area contributed by atoms with E-state index in [1.807, 2.05) is 33.8 Å². The van der Waals surface area contributed by atoms with Gasteiger partial charge in [0, 0.05) is 49.4 Å². The van der Waals surface area contributed by atoms with Crippen molar-refractivity contribution in [3.05, 3.63) is 23.8 Å². The van der Waals surface area contributed by atoms with E-state index in [2.05, 4.69) is 6.92 Å². The maximum absolute atomic E-state index is 14.3. The van der Waals surface area contributed by atoms with Gasteiger partial charge in [0.1, 0.15) is 11.7 Å². The molecule has 0 amide bonds. The summed E-state index contributed by atoms with van der Waals surface area (Å²) in [6.45, 7) is 12.8. The average Bonchev–Trinajstić information content (AvgIpc) is 3.30. The molecule has 0 radical (unpaired) electrons. The van der Waals surface area contributed by atoms with Crippen molar-refractivity contribution in [2.24, 2.45) is 29.1 Å². The molecule has 3 saturated heterocycles. The predicted molar refractivity (Wildman–Crippen MR) is 163 cm³/mol. The fraction of sp³-hybridized carbons (Fsp3) is 0.765. The summed E-state index contributed by atoms with van der Waals surface area (Å²) >= 11 is 1.05. The third-order valence-electron chi connectivity index (χ3n) is 12.0. The molecule has 0 aromatic carbocycles. The number of carbonyl (C=O) groups is 4. The molecular weight excluding hydrogens is 600 g/mol. The van der Waals surface area contributed by atoms with Crippen LogP contribution in [0.2, 0.25) is 0 Å². The monoisotopic (exact) mass is 646 g/mol. The molecule has 3 heterocycles. The van der Waals surface area contributed by atoms with Gasteiger partial charge in [-0.05, 0) is 64.9 Å². The molecule has 5 fully saturated rings. The number of hydrogen-bond acceptors (Lipinski definition) is 11. The summed E-state index contributed by atoms with van der Waals surface area (Å²) in [6.07, 6.45) is 7.64. The summed E-state index contributed by atoms with van der Waals surface area (Å²) in [5, 5.41) is 11.9. The van der Waals surface area contributed by atoms with E-state index in [-0.39, 0.29) is 41.5 Å². The van der Waals surface area contributed by atoms with Crippen LogP contribution in [0.15, 0.2) is 23.8 Å². The molecule has 11 atom stereocenters. The number of carbonyl (C=O) groups excluding carboxylic acids is 4. The molecule has 2 unspecified atom stereocenters. The summed E-state index contributed by atoms with van der Waals surface area (Å²) in [5.74, 6) is -5.99. The minimum atomic E-state index is -2.09. The smallest absolute Gasteiger partial charge is 0.302 e. The SMILES string of the molecule is CSC(=O)C[C@@]12O[C@@H](C(C)C(=O)C3(O)C[C@H]4[C@@H]5[C@H](OC(C)=O)CC6=CC(=O)C=C[C@]6(C)[C@H]5CC[C@@]4(C)O3)C[C@@](C)(O1)C(C)(C)O2. The van der Waals surface area contributed by atoms with Crippen molar-refractivity contribution in [3.8, 4) is 0 Å². The number of ether oxygens (including phenoxy) is 5. The Bertz CT molecular complexity index is 1380. The number of fused-ring (bicyclic) bond motifs is 7. The molecule has 0 spiro atoms. The second-order valence-electron chi connectivity index (χ2n) is 15.2. The number of Topliss-reactive ketones (excluding diaryl/α,β-unsaturated/α-hetero) is 1. The Balaban J connectivity index is 1.29. The molecule has 2 bridgehead atoms. The maximum Gasteiger partial charge on any atom is 0.302 e. The second kappa shape index (κ2) is 10.6. The molecule has 6 aliphatic rings. The van der Waals surface area contributed by atoms with Gasteiger partial charge in [-0.2, -0.15) is 0 Å². The Kier molecular flexibility index (Phi) is 7.75. The topological polar surface area (TPSA) is 135 Å². The lowest BCUT2D eigenvalue weighted by Crippen LogP contribution is -2.56. The van der Waals surface area contributed by atoms with E-state index < -0.39 is 63.9 Å². The van der Waals surface area contributed by atoms with Crippen LogP contribution in [0.1, 0.15) is 87.0 Å². The summed E-state index contributed by atoms with van der Waals surface area (Å²) in [7, 11) is 0. The van der Waals surface area contributed by atoms with Gasteiger partial charge in [0.15, 0.2) is 16.7 Å². The summed E-state index contributed by atoms with van der Waals surface area (Å²) in [4.78, 5) is 51.4. The van der Waals surface area contributed by atoms with Crippen LogP contribution in [0.5, 0.6) is 0 Å². The fourth-order valence-electron chi connectivity index (χ4n) is 9.29. The standard InChI is InChI=1S/C34H46O10S/c1-18(25-16-32(7)29(3,4)42-34(41-25,44-32)17-26(37)45-8)28(38)33(39)15-23-27-22(10-12-31(23,6)43-33)30(5)11-9-21(36)13-20(30)14-24(27)40-19(2)35/h9,11,13,18,22-25,27,39H,10,12,14-17H2,1-8H3/t18?,22-,23-,24+,25+,27+,30-,31+,32+,33?,34-/m0/s1. The number of esters is 1. The number of thioether (sulfide) groups is 1. The molecule has 3 aliphatic heterocycles. The van der Waals surface area contributed by atoms with Gasteiger partial charge in [0.05, 0.1) is 23.7 Å². The maximum atomic E-state index is 14.3. The fourth-order valence-corrected chi connectivity index (χ4v) is 9.61. The van der Waals surface area contributed by atoms with E-state index in [0.29, 0.717) is 25.7 Å². The van der Waals surface area contributed by atoms with Gasteiger partial charge in [-0.1, -0.05) is 37.3 Å². The zero-order chi connectivity index (χ0) is 33.0. The highest BCUT2D eigenvalue weighted by Gasteiger charge is 2.69. The highest BCUT2D eigenvalue weighted by Crippen LogP contribution is 2.64. The first-order valence-corrected chi connectivity index (χ1v) is 17.3. The molecule has 1 N–H and O–H groups in total. The van der Waals surface area contributed by atoms with Crippen LogP contribution in [-0.2, 0) is 42.9 Å².